The van der Waals surface area contributed by atoms with Gasteiger partial charge in [-0.05, 0) is 41.8 Å². The Bertz CT molecular complexity index is 953. The van der Waals surface area contributed by atoms with E-state index in [9.17, 15) is 4.79 Å². The minimum atomic E-state index is 0.0228. The van der Waals surface area contributed by atoms with Gasteiger partial charge in [-0.2, -0.15) is 0 Å². The van der Waals surface area contributed by atoms with E-state index in [-0.39, 0.29) is 12.7 Å². The summed E-state index contributed by atoms with van der Waals surface area (Å²) in [5.74, 6) is 1.50. The number of rotatable bonds is 5. The molecule has 1 aliphatic rings. The quantitative estimate of drug-likeness (QED) is 0.571. The summed E-state index contributed by atoms with van der Waals surface area (Å²) in [5, 5.41) is 0. The van der Waals surface area contributed by atoms with Crippen molar-refractivity contribution < 1.29 is 14.3 Å². The van der Waals surface area contributed by atoms with E-state index in [1.165, 1.54) is 0 Å². The van der Waals surface area contributed by atoms with E-state index in [1.807, 2.05) is 98.5 Å². The second-order valence-electron chi connectivity index (χ2n) is 6.65. The molecule has 3 aromatic rings. The molecule has 0 bridgehead atoms. The Labute approximate surface area is 172 Å². The average Bonchev–Trinajstić information content (AvgIpc) is 3.23. The average molecular weight is 389 g/mol. The lowest BCUT2D eigenvalue weighted by Gasteiger charge is -2.24. The third-order valence-electron chi connectivity index (χ3n) is 4.69. The zero-order valence-electron chi connectivity index (χ0n) is 17.2. The standard InChI is InChI=1S/C23H21NO3.C2H6/c1-17-7-5-6-10-20(17)23(25)24(14-18-8-3-2-4-9-18)15-19-11-12-21-22(13-19)27-16-26-21;1-2/h2-13H,14-16H2,1H3;1-2H3. The van der Waals surface area contributed by atoms with E-state index in [4.69, 9.17) is 9.47 Å². The summed E-state index contributed by atoms with van der Waals surface area (Å²) in [5.41, 5.74) is 3.82. The normalized spacial score (nSPS) is 11.4. The predicted octanol–water partition coefficient (Wildman–Crippen LogP) is 5.59. The molecule has 1 amide bonds. The van der Waals surface area contributed by atoms with Gasteiger partial charge in [-0.3, -0.25) is 4.79 Å². The van der Waals surface area contributed by atoms with Crippen LogP contribution in [0.15, 0.2) is 72.8 Å². The monoisotopic (exact) mass is 389 g/mol. The molecule has 0 radical (unpaired) electrons. The van der Waals surface area contributed by atoms with Gasteiger partial charge < -0.3 is 14.4 Å². The summed E-state index contributed by atoms with van der Waals surface area (Å²) in [6.07, 6.45) is 0. The van der Waals surface area contributed by atoms with Crippen LogP contribution in [0.1, 0.15) is 40.9 Å². The van der Waals surface area contributed by atoms with Gasteiger partial charge in [-0.25, -0.2) is 0 Å². The number of ether oxygens (including phenoxy) is 2. The van der Waals surface area contributed by atoms with E-state index < -0.39 is 0 Å². The number of hydrogen-bond acceptors (Lipinski definition) is 3. The summed E-state index contributed by atoms with van der Waals surface area (Å²) in [6.45, 7) is 7.25. The summed E-state index contributed by atoms with van der Waals surface area (Å²) < 4.78 is 10.9. The molecule has 0 atom stereocenters. The van der Waals surface area contributed by atoms with Gasteiger partial charge in [0.25, 0.3) is 5.91 Å². The van der Waals surface area contributed by atoms with Crippen LogP contribution in [-0.4, -0.2) is 17.6 Å². The maximum Gasteiger partial charge on any atom is 0.254 e. The Morgan fingerprint density at radius 3 is 2.24 bits per heavy atom. The number of carbonyl (C=O) groups is 1. The van der Waals surface area contributed by atoms with Gasteiger partial charge in [0, 0.05) is 18.7 Å². The molecule has 0 fully saturated rings. The molecule has 0 N–H and O–H groups in total. The van der Waals surface area contributed by atoms with E-state index in [1.54, 1.807) is 0 Å². The SMILES string of the molecule is CC.Cc1ccccc1C(=O)N(Cc1ccccc1)Cc1ccc2c(c1)OCO2. The molecular formula is C25H27NO3. The maximum atomic E-state index is 13.3. The van der Waals surface area contributed by atoms with Crippen molar-refractivity contribution in [1.29, 1.82) is 0 Å². The Kier molecular flexibility index (Phi) is 6.90. The lowest BCUT2D eigenvalue weighted by Crippen LogP contribution is -2.30. The van der Waals surface area contributed by atoms with E-state index in [0.717, 1.165) is 33.8 Å². The zero-order valence-corrected chi connectivity index (χ0v) is 17.2. The second-order valence-corrected chi connectivity index (χ2v) is 6.65. The van der Waals surface area contributed by atoms with Crippen molar-refractivity contribution in [3.63, 3.8) is 0 Å². The van der Waals surface area contributed by atoms with Gasteiger partial charge in [0.2, 0.25) is 6.79 Å². The topological polar surface area (TPSA) is 38.8 Å². The summed E-state index contributed by atoms with van der Waals surface area (Å²) in [4.78, 5) is 15.1. The lowest BCUT2D eigenvalue weighted by atomic mass is 10.1. The Balaban J connectivity index is 0.00000117. The van der Waals surface area contributed by atoms with Crippen LogP contribution in [-0.2, 0) is 13.1 Å². The molecule has 4 nitrogen and oxygen atoms in total. The number of benzene rings is 3. The number of aryl methyl sites for hydroxylation is 1. The molecule has 29 heavy (non-hydrogen) atoms. The fraction of sp³-hybridized carbons (Fsp3) is 0.240. The highest BCUT2D eigenvalue weighted by atomic mass is 16.7. The molecule has 4 rings (SSSR count). The molecule has 0 saturated carbocycles. The number of hydrogen-bond donors (Lipinski definition) is 0. The van der Waals surface area contributed by atoms with Crippen LogP contribution < -0.4 is 9.47 Å². The number of fused-ring (bicyclic) bond motifs is 1. The highest BCUT2D eigenvalue weighted by Crippen LogP contribution is 2.33. The van der Waals surface area contributed by atoms with Crippen LogP contribution >= 0.6 is 0 Å². The van der Waals surface area contributed by atoms with Crippen molar-refractivity contribution in [2.24, 2.45) is 0 Å². The van der Waals surface area contributed by atoms with Crippen molar-refractivity contribution in [1.82, 2.24) is 4.90 Å². The van der Waals surface area contributed by atoms with E-state index in [0.29, 0.717) is 13.1 Å². The molecule has 150 valence electrons. The molecule has 0 aliphatic carbocycles. The van der Waals surface area contributed by atoms with E-state index >= 15 is 0 Å². The van der Waals surface area contributed by atoms with Crippen LogP contribution in [0.25, 0.3) is 0 Å². The smallest absolute Gasteiger partial charge is 0.254 e. The van der Waals surface area contributed by atoms with Crippen molar-refractivity contribution in [2.45, 2.75) is 33.9 Å². The highest BCUT2D eigenvalue weighted by Gasteiger charge is 2.20. The second kappa shape index (κ2) is 9.78. The van der Waals surface area contributed by atoms with Crippen molar-refractivity contribution in [2.75, 3.05) is 6.79 Å². The fourth-order valence-corrected chi connectivity index (χ4v) is 3.25. The summed E-state index contributed by atoms with van der Waals surface area (Å²) in [7, 11) is 0. The van der Waals surface area contributed by atoms with Crippen LogP contribution in [0, 0.1) is 6.92 Å². The van der Waals surface area contributed by atoms with E-state index in [2.05, 4.69) is 0 Å². The fourth-order valence-electron chi connectivity index (χ4n) is 3.25. The van der Waals surface area contributed by atoms with Gasteiger partial charge in [0.05, 0.1) is 0 Å². The summed E-state index contributed by atoms with van der Waals surface area (Å²) >= 11 is 0. The first kappa shape index (κ1) is 20.5. The maximum absolute atomic E-state index is 13.3. The first-order valence-electron chi connectivity index (χ1n) is 9.98. The minimum Gasteiger partial charge on any atom is -0.454 e. The molecule has 0 saturated heterocycles. The van der Waals surface area contributed by atoms with Crippen LogP contribution in [0.4, 0.5) is 0 Å². The number of amides is 1. The van der Waals surface area contributed by atoms with Crippen LogP contribution in [0.3, 0.4) is 0 Å². The Hall–Kier alpha value is -3.27. The first-order valence-corrected chi connectivity index (χ1v) is 9.98. The minimum absolute atomic E-state index is 0.0228. The van der Waals surface area contributed by atoms with Crippen molar-refractivity contribution in [3.8, 4) is 11.5 Å². The number of nitrogens with zero attached hydrogens (tertiary/aromatic N) is 1. The predicted molar refractivity (Wildman–Crippen MR) is 115 cm³/mol. The zero-order chi connectivity index (χ0) is 20.6. The van der Waals surface area contributed by atoms with Crippen molar-refractivity contribution in [3.05, 3.63) is 95.1 Å². The molecule has 0 aromatic heterocycles. The molecule has 3 aromatic carbocycles. The van der Waals surface area contributed by atoms with Gasteiger partial charge in [0.15, 0.2) is 11.5 Å². The first-order chi connectivity index (χ1) is 14.2. The van der Waals surface area contributed by atoms with Gasteiger partial charge >= 0.3 is 0 Å². The molecular weight excluding hydrogens is 362 g/mol. The molecule has 4 heteroatoms. The molecule has 0 spiro atoms. The van der Waals surface area contributed by atoms with Gasteiger partial charge in [-0.15, -0.1) is 0 Å². The largest absolute Gasteiger partial charge is 0.454 e. The highest BCUT2D eigenvalue weighted by molar-refractivity contribution is 5.95. The Morgan fingerprint density at radius 1 is 0.828 bits per heavy atom. The van der Waals surface area contributed by atoms with Crippen LogP contribution in [0.5, 0.6) is 11.5 Å². The van der Waals surface area contributed by atoms with Crippen molar-refractivity contribution >= 4 is 5.91 Å². The molecule has 1 heterocycles. The van der Waals surface area contributed by atoms with Gasteiger partial charge in [-0.1, -0.05) is 68.4 Å². The lowest BCUT2D eigenvalue weighted by molar-refractivity contribution is 0.0729. The van der Waals surface area contributed by atoms with Crippen LogP contribution in [0.2, 0.25) is 0 Å². The number of carbonyl (C=O) groups excluding carboxylic acids is 1. The third-order valence-corrected chi connectivity index (χ3v) is 4.69. The molecule has 0 unspecified atom stereocenters. The summed E-state index contributed by atoms with van der Waals surface area (Å²) in [6, 6.07) is 23.6. The molecule has 1 aliphatic heterocycles. The van der Waals surface area contributed by atoms with Gasteiger partial charge in [0.1, 0.15) is 0 Å². The third kappa shape index (κ3) is 4.96. The Morgan fingerprint density at radius 2 is 1.48 bits per heavy atom.